The number of hydrogen-bond donors (Lipinski definition) is 2. The fourth-order valence-corrected chi connectivity index (χ4v) is 1.00. The average molecular weight is 159 g/mol. The van der Waals surface area contributed by atoms with Gasteiger partial charge in [-0.2, -0.15) is 0 Å². The van der Waals surface area contributed by atoms with E-state index in [0.717, 1.165) is 0 Å². The first-order valence-corrected chi connectivity index (χ1v) is 3.27. The summed E-state index contributed by atoms with van der Waals surface area (Å²) in [5.74, 6) is 0. The van der Waals surface area contributed by atoms with Crippen LogP contribution >= 0.6 is 0 Å². The number of aliphatic hydroxyl groups excluding tert-OH is 2. The van der Waals surface area contributed by atoms with E-state index in [1.54, 1.807) is 0 Å². The maximum absolute atomic E-state index is 9.12. The van der Waals surface area contributed by atoms with Crippen LogP contribution in [-0.2, 0) is 4.74 Å². The Morgan fingerprint density at radius 3 is 2.91 bits per heavy atom. The van der Waals surface area contributed by atoms with E-state index in [-0.39, 0.29) is 0 Å². The van der Waals surface area contributed by atoms with Gasteiger partial charge in [-0.15, -0.1) is 0 Å². The number of rotatable bonds is 2. The second-order valence-corrected chi connectivity index (χ2v) is 2.31. The van der Waals surface area contributed by atoms with Gasteiger partial charge in [0.25, 0.3) is 0 Å². The van der Waals surface area contributed by atoms with Crippen molar-refractivity contribution in [2.45, 2.75) is 24.9 Å². The van der Waals surface area contributed by atoms with E-state index in [2.05, 4.69) is 10.0 Å². The molecule has 0 bridgehead atoms. The summed E-state index contributed by atoms with van der Waals surface area (Å²) in [5, 5.41) is 21.1. The molecule has 0 spiro atoms. The van der Waals surface area contributed by atoms with Crippen molar-refractivity contribution in [1.29, 1.82) is 0 Å². The third-order valence-corrected chi connectivity index (χ3v) is 1.57. The van der Waals surface area contributed by atoms with Crippen LogP contribution in [0.3, 0.4) is 0 Å². The highest BCUT2D eigenvalue weighted by Gasteiger charge is 2.31. The van der Waals surface area contributed by atoms with Crippen LogP contribution < -0.4 is 0 Å². The maximum Gasteiger partial charge on any atom is 0.161 e. The highest BCUT2D eigenvalue weighted by molar-refractivity contribution is 4.80. The third kappa shape index (κ3) is 1.81. The lowest BCUT2D eigenvalue weighted by Crippen LogP contribution is -2.32. The Morgan fingerprint density at radius 1 is 1.73 bits per heavy atom. The predicted molar refractivity (Wildman–Crippen MR) is 35.5 cm³/mol. The molecule has 1 heterocycles. The zero-order chi connectivity index (χ0) is 8.27. The van der Waals surface area contributed by atoms with Crippen LogP contribution in [0.4, 0.5) is 0 Å². The van der Waals surface area contributed by atoms with Crippen LogP contribution in [0.1, 0.15) is 6.42 Å². The molecule has 0 aliphatic carbocycles. The van der Waals surface area contributed by atoms with Crippen LogP contribution in [0, 0.1) is 0 Å². The van der Waals surface area contributed by atoms with Crippen molar-refractivity contribution in [3.05, 3.63) is 10.4 Å². The van der Waals surface area contributed by atoms with Crippen LogP contribution in [0.25, 0.3) is 10.4 Å². The average Bonchev–Trinajstić information content (AvgIpc) is 2.36. The van der Waals surface area contributed by atoms with Crippen molar-refractivity contribution >= 4 is 0 Å². The van der Waals surface area contributed by atoms with Gasteiger partial charge in [-0.25, -0.2) is 0 Å². The highest BCUT2D eigenvalue weighted by atomic mass is 16.5. The smallest absolute Gasteiger partial charge is 0.161 e. The molecule has 1 saturated heterocycles. The molecule has 3 unspecified atom stereocenters. The maximum atomic E-state index is 9.12. The normalized spacial score (nSPS) is 32.9. The quantitative estimate of drug-likeness (QED) is 0.330. The Morgan fingerprint density at radius 2 is 2.45 bits per heavy atom. The molecule has 1 aliphatic rings. The minimum Gasteiger partial charge on any atom is -0.390 e. The number of azide groups is 1. The van der Waals surface area contributed by atoms with Crippen LogP contribution in [0.5, 0.6) is 0 Å². The van der Waals surface area contributed by atoms with Crippen molar-refractivity contribution in [3.63, 3.8) is 0 Å². The summed E-state index contributed by atoms with van der Waals surface area (Å²) >= 11 is 0. The lowest BCUT2D eigenvalue weighted by molar-refractivity contribution is -0.0419. The van der Waals surface area contributed by atoms with Gasteiger partial charge < -0.3 is 14.9 Å². The first kappa shape index (κ1) is 8.29. The van der Waals surface area contributed by atoms with Crippen molar-refractivity contribution in [2.24, 2.45) is 5.11 Å². The summed E-state index contributed by atoms with van der Waals surface area (Å²) in [4.78, 5) is 2.40. The van der Waals surface area contributed by atoms with Crippen molar-refractivity contribution in [2.75, 3.05) is 6.61 Å². The predicted octanol–water partition coefficient (Wildman–Crippen LogP) is -0.235. The summed E-state index contributed by atoms with van der Waals surface area (Å²) < 4.78 is 4.91. The number of ether oxygens (including phenoxy) is 1. The molecule has 2 N–H and O–H groups in total. The topological polar surface area (TPSA) is 98.5 Å². The van der Waals surface area contributed by atoms with E-state index >= 15 is 0 Å². The molecule has 0 aromatic carbocycles. The molecule has 1 rings (SSSR count). The largest absolute Gasteiger partial charge is 0.390 e. The molecule has 0 aromatic heterocycles. The van der Waals surface area contributed by atoms with E-state index < -0.39 is 18.4 Å². The highest BCUT2D eigenvalue weighted by Crippen LogP contribution is 2.17. The molecule has 1 aliphatic heterocycles. The molecule has 0 saturated carbocycles. The van der Waals surface area contributed by atoms with E-state index in [4.69, 9.17) is 20.5 Å². The zero-order valence-electron chi connectivity index (χ0n) is 5.79. The molecule has 1 fully saturated rings. The minimum atomic E-state index is -1.28. The van der Waals surface area contributed by atoms with Gasteiger partial charge in [-0.05, 0) is 12.0 Å². The van der Waals surface area contributed by atoms with Gasteiger partial charge in [0.05, 0.1) is 6.10 Å². The molecule has 3 atom stereocenters. The SMILES string of the molecule is [N-]=[N+]=NC(O)C1OCCC1O. The van der Waals surface area contributed by atoms with Crippen LogP contribution in [0.15, 0.2) is 5.11 Å². The molecule has 0 aromatic rings. The van der Waals surface area contributed by atoms with Gasteiger partial charge in [0.1, 0.15) is 6.10 Å². The molecule has 11 heavy (non-hydrogen) atoms. The van der Waals surface area contributed by atoms with Crippen LogP contribution in [-0.4, -0.2) is 35.3 Å². The standard InChI is InChI=1S/C5H9N3O3/c6-8-7-5(10)4-3(9)1-2-11-4/h3-5,9-10H,1-2H2. The second-order valence-electron chi connectivity index (χ2n) is 2.31. The number of aliphatic hydroxyl groups is 2. The summed E-state index contributed by atoms with van der Waals surface area (Å²) in [5.41, 5.74) is 7.94. The van der Waals surface area contributed by atoms with E-state index in [1.807, 2.05) is 0 Å². The first-order chi connectivity index (χ1) is 5.25. The second kappa shape index (κ2) is 3.54. The Bertz CT molecular complexity index is 180. The van der Waals surface area contributed by atoms with Gasteiger partial charge in [-0.3, -0.25) is 0 Å². The fraction of sp³-hybridized carbons (Fsp3) is 1.00. The number of nitrogens with zero attached hydrogens (tertiary/aromatic N) is 3. The molecule has 6 heteroatoms. The summed E-state index contributed by atoms with van der Waals surface area (Å²) in [7, 11) is 0. The Labute approximate surface area is 63.0 Å². The van der Waals surface area contributed by atoms with E-state index in [1.165, 1.54) is 0 Å². The lowest BCUT2D eigenvalue weighted by Gasteiger charge is -2.15. The van der Waals surface area contributed by atoms with Crippen molar-refractivity contribution in [1.82, 2.24) is 0 Å². The first-order valence-electron chi connectivity index (χ1n) is 3.27. The molecular weight excluding hydrogens is 150 g/mol. The third-order valence-electron chi connectivity index (χ3n) is 1.57. The Hall–Kier alpha value is -0.810. The molecular formula is C5H9N3O3. The molecule has 0 amide bonds. The Kier molecular flexibility index (Phi) is 2.67. The van der Waals surface area contributed by atoms with Gasteiger partial charge in [0, 0.05) is 11.5 Å². The molecule has 6 nitrogen and oxygen atoms in total. The summed E-state index contributed by atoms with van der Waals surface area (Å²) in [6.07, 6.45) is -2.29. The number of hydrogen-bond acceptors (Lipinski definition) is 4. The zero-order valence-corrected chi connectivity index (χ0v) is 5.79. The lowest BCUT2D eigenvalue weighted by atomic mass is 10.2. The van der Waals surface area contributed by atoms with E-state index in [0.29, 0.717) is 13.0 Å². The van der Waals surface area contributed by atoms with Gasteiger partial charge in [0.2, 0.25) is 0 Å². The summed E-state index contributed by atoms with van der Waals surface area (Å²) in [6.45, 7) is 0.393. The summed E-state index contributed by atoms with van der Waals surface area (Å²) in [6, 6.07) is 0. The van der Waals surface area contributed by atoms with Gasteiger partial charge in [0.15, 0.2) is 6.23 Å². The van der Waals surface area contributed by atoms with Crippen molar-refractivity contribution in [3.8, 4) is 0 Å². The fourth-order valence-electron chi connectivity index (χ4n) is 1.00. The van der Waals surface area contributed by atoms with Crippen LogP contribution in [0.2, 0.25) is 0 Å². The molecule has 0 radical (unpaired) electrons. The Balaban J connectivity index is 2.51. The van der Waals surface area contributed by atoms with Gasteiger partial charge >= 0.3 is 0 Å². The van der Waals surface area contributed by atoms with Crippen molar-refractivity contribution < 1.29 is 14.9 Å². The molecule has 62 valence electrons. The minimum absolute atomic E-state index is 0.393. The van der Waals surface area contributed by atoms with E-state index in [9.17, 15) is 0 Å². The monoisotopic (exact) mass is 159 g/mol. The van der Waals surface area contributed by atoms with Gasteiger partial charge in [-0.1, -0.05) is 5.11 Å².